The topological polar surface area (TPSA) is 106 Å². The minimum atomic E-state index is -0.243. The molecule has 2 atom stereocenters. The van der Waals surface area contributed by atoms with Gasteiger partial charge in [0.1, 0.15) is 17.7 Å². The van der Waals surface area contributed by atoms with Crippen molar-refractivity contribution in [2.24, 2.45) is 0 Å². The highest BCUT2D eigenvalue weighted by molar-refractivity contribution is 5.82. The van der Waals surface area contributed by atoms with E-state index in [9.17, 15) is 10.1 Å². The lowest BCUT2D eigenvalue weighted by Crippen LogP contribution is -2.23. The first kappa shape index (κ1) is 22.2. The van der Waals surface area contributed by atoms with Crippen molar-refractivity contribution in [2.45, 2.75) is 57.1 Å². The molecule has 8 nitrogen and oxygen atoms in total. The van der Waals surface area contributed by atoms with Gasteiger partial charge in [0.25, 0.3) is 0 Å². The Bertz CT molecular complexity index is 1500. The molecule has 2 saturated carbocycles. The van der Waals surface area contributed by atoms with Gasteiger partial charge in [0, 0.05) is 18.7 Å². The van der Waals surface area contributed by atoms with E-state index < -0.39 is 0 Å². The number of hydrogen-bond donors (Lipinski definition) is 1. The second-order valence-electron chi connectivity index (χ2n) is 9.61. The molecule has 2 aliphatic carbocycles. The number of nitriles is 1. The first-order valence-corrected chi connectivity index (χ1v) is 12.4. The van der Waals surface area contributed by atoms with Crippen LogP contribution in [0.25, 0.3) is 22.3 Å². The van der Waals surface area contributed by atoms with Gasteiger partial charge in [-0.05, 0) is 80.0 Å². The van der Waals surface area contributed by atoms with E-state index in [1.54, 1.807) is 18.3 Å². The molecule has 1 N–H and O–H groups in total. The van der Waals surface area contributed by atoms with Gasteiger partial charge in [-0.1, -0.05) is 6.07 Å². The summed E-state index contributed by atoms with van der Waals surface area (Å²) in [4.78, 5) is 25.5. The molecule has 3 aromatic heterocycles. The summed E-state index contributed by atoms with van der Waals surface area (Å²) in [7, 11) is 0. The fourth-order valence-electron chi connectivity index (χ4n) is 5.14. The lowest BCUT2D eigenvalue weighted by atomic mass is 10.1. The number of carbonyl (C=O) groups is 1. The molecule has 0 bridgehead atoms. The zero-order valence-electron chi connectivity index (χ0n) is 20.0. The number of benzene rings is 1. The van der Waals surface area contributed by atoms with Gasteiger partial charge in [0.05, 0.1) is 40.7 Å². The molecule has 2 fully saturated rings. The van der Waals surface area contributed by atoms with Crippen molar-refractivity contribution in [2.75, 3.05) is 5.32 Å². The third-order valence-corrected chi connectivity index (χ3v) is 7.00. The molecular formula is C28H26N6O2. The van der Waals surface area contributed by atoms with Gasteiger partial charge in [0.15, 0.2) is 0 Å². The second kappa shape index (κ2) is 9.08. The summed E-state index contributed by atoms with van der Waals surface area (Å²) in [6, 6.07) is 16.1. The first-order chi connectivity index (χ1) is 17.6. The number of ether oxygens (including phenoxy) is 1. The van der Waals surface area contributed by atoms with Gasteiger partial charge in [-0.25, -0.2) is 15.0 Å². The molecule has 0 saturated heterocycles. The Morgan fingerprint density at radius 3 is 2.78 bits per heavy atom. The number of nitrogens with zero attached hydrogens (tertiary/aromatic N) is 5. The quantitative estimate of drug-likeness (QED) is 0.357. The molecule has 4 aromatic rings. The van der Waals surface area contributed by atoms with Crippen molar-refractivity contribution in [1.29, 1.82) is 5.26 Å². The van der Waals surface area contributed by atoms with Crippen LogP contribution < -0.4 is 5.32 Å². The highest BCUT2D eigenvalue weighted by Crippen LogP contribution is 2.42. The Morgan fingerprint density at radius 1 is 1.08 bits per heavy atom. The number of nitrogens with one attached hydrogen (secondary N) is 1. The summed E-state index contributed by atoms with van der Waals surface area (Å²) in [5.74, 6) is 1.60. The van der Waals surface area contributed by atoms with Crippen LogP contribution in [0.3, 0.4) is 0 Å². The second-order valence-corrected chi connectivity index (χ2v) is 9.61. The summed E-state index contributed by atoms with van der Waals surface area (Å²) in [5.41, 5.74) is 5.57. The van der Waals surface area contributed by atoms with Crippen molar-refractivity contribution in [1.82, 2.24) is 19.5 Å². The number of fused-ring (bicyclic) bond motifs is 1. The van der Waals surface area contributed by atoms with Gasteiger partial charge in [-0.3, -0.25) is 4.79 Å². The van der Waals surface area contributed by atoms with E-state index in [1.165, 1.54) is 25.3 Å². The van der Waals surface area contributed by atoms with Crippen LogP contribution >= 0.6 is 0 Å². The molecule has 2 aliphatic rings. The van der Waals surface area contributed by atoms with Crippen LogP contribution in [0, 0.1) is 11.3 Å². The van der Waals surface area contributed by atoms with Gasteiger partial charge >= 0.3 is 5.97 Å². The molecule has 1 aromatic carbocycles. The summed E-state index contributed by atoms with van der Waals surface area (Å²) in [6.07, 6.45) is 8.53. The molecule has 36 heavy (non-hydrogen) atoms. The fourth-order valence-corrected chi connectivity index (χ4v) is 5.14. The molecule has 0 aliphatic heterocycles. The van der Waals surface area contributed by atoms with Gasteiger partial charge < -0.3 is 14.6 Å². The SMILES string of the molecule is CC(=O)OC1CCCC1n1cnc2ccc(-c3cc(C4CC4)cc(Nc4cc(C#N)ccn4)n3)cc21. The molecule has 0 radical (unpaired) electrons. The largest absolute Gasteiger partial charge is 0.460 e. The maximum atomic E-state index is 11.6. The first-order valence-electron chi connectivity index (χ1n) is 12.4. The summed E-state index contributed by atoms with van der Waals surface area (Å²) >= 11 is 0. The van der Waals surface area contributed by atoms with Gasteiger partial charge in [-0.15, -0.1) is 0 Å². The van der Waals surface area contributed by atoms with E-state index in [0.29, 0.717) is 23.1 Å². The molecule has 0 spiro atoms. The molecule has 6 rings (SSSR count). The molecule has 180 valence electrons. The highest BCUT2D eigenvalue weighted by Gasteiger charge is 2.32. The van der Waals surface area contributed by atoms with Crippen molar-refractivity contribution in [3.8, 4) is 17.3 Å². The van der Waals surface area contributed by atoms with Gasteiger partial charge in [-0.2, -0.15) is 5.26 Å². The minimum absolute atomic E-state index is 0.0793. The maximum absolute atomic E-state index is 11.6. The summed E-state index contributed by atoms with van der Waals surface area (Å²) in [5, 5.41) is 12.5. The Morgan fingerprint density at radius 2 is 1.97 bits per heavy atom. The monoisotopic (exact) mass is 478 g/mol. The molecule has 3 heterocycles. The van der Waals surface area contributed by atoms with Crippen molar-refractivity contribution in [3.63, 3.8) is 0 Å². The minimum Gasteiger partial charge on any atom is -0.460 e. The number of hydrogen-bond acceptors (Lipinski definition) is 7. The highest BCUT2D eigenvalue weighted by atomic mass is 16.5. The van der Waals surface area contributed by atoms with Crippen LogP contribution in [0.1, 0.15) is 62.1 Å². The number of anilines is 2. The zero-order chi connectivity index (χ0) is 24.6. The van der Waals surface area contributed by atoms with E-state index in [0.717, 1.165) is 41.6 Å². The number of imidazole rings is 1. The number of pyridine rings is 2. The van der Waals surface area contributed by atoms with Crippen LogP contribution in [0.2, 0.25) is 0 Å². The van der Waals surface area contributed by atoms with E-state index in [1.807, 2.05) is 12.4 Å². The Balaban J connectivity index is 1.37. The van der Waals surface area contributed by atoms with Crippen LogP contribution in [0.5, 0.6) is 0 Å². The van der Waals surface area contributed by atoms with Crippen LogP contribution in [-0.4, -0.2) is 31.6 Å². The normalized spacial score (nSPS) is 19.2. The van der Waals surface area contributed by atoms with Crippen molar-refractivity contribution >= 4 is 28.6 Å². The van der Waals surface area contributed by atoms with Crippen molar-refractivity contribution < 1.29 is 9.53 Å². The Labute approximate surface area is 209 Å². The van der Waals surface area contributed by atoms with E-state index >= 15 is 0 Å². The van der Waals surface area contributed by atoms with Gasteiger partial charge in [0.2, 0.25) is 0 Å². The van der Waals surface area contributed by atoms with E-state index in [2.05, 4.69) is 50.2 Å². The predicted molar refractivity (Wildman–Crippen MR) is 136 cm³/mol. The average molecular weight is 479 g/mol. The maximum Gasteiger partial charge on any atom is 0.302 e. The number of rotatable bonds is 6. The smallest absolute Gasteiger partial charge is 0.302 e. The zero-order valence-corrected chi connectivity index (χ0v) is 20.0. The third-order valence-electron chi connectivity index (χ3n) is 7.00. The number of aromatic nitrogens is 4. The predicted octanol–water partition coefficient (Wildman–Crippen LogP) is 5.64. The molecule has 2 unspecified atom stereocenters. The summed E-state index contributed by atoms with van der Waals surface area (Å²) < 4.78 is 7.77. The van der Waals surface area contributed by atoms with Crippen LogP contribution in [-0.2, 0) is 9.53 Å². The lowest BCUT2D eigenvalue weighted by Gasteiger charge is -2.21. The summed E-state index contributed by atoms with van der Waals surface area (Å²) in [6.45, 7) is 1.47. The van der Waals surface area contributed by atoms with Crippen molar-refractivity contribution in [3.05, 3.63) is 66.1 Å². The fraction of sp³-hybridized carbons (Fsp3) is 0.321. The Kier molecular flexibility index (Phi) is 5.61. The molecule has 8 heteroatoms. The number of carbonyl (C=O) groups excluding carboxylic acids is 1. The molecule has 0 amide bonds. The third kappa shape index (κ3) is 4.40. The van der Waals surface area contributed by atoms with E-state index in [-0.39, 0.29) is 18.1 Å². The van der Waals surface area contributed by atoms with Crippen LogP contribution in [0.15, 0.2) is 55.0 Å². The van der Waals surface area contributed by atoms with Crippen LogP contribution in [0.4, 0.5) is 11.6 Å². The molecular weight excluding hydrogens is 452 g/mol. The number of esters is 1. The average Bonchev–Trinajstić information content (AvgIpc) is 3.51. The lowest BCUT2D eigenvalue weighted by molar-refractivity contribution is -0.147. The Hall–Kier alpha value is -4.25. The standard InChI is InChI=1S/C28H26N6O2/c1-17(35)36-26-4-2-3-24(26)34-16-31-22-8-7-20(13-25(22)34)23-12-21(19-5-6-19)14-28(32-23)33-27-11-18(15-29)9-10-30-27/h7-14,16,19,24,26H,2-6H2,1H3,(H,30,32,33). The van der Waals surface area contributed by atoms with E-state index in [4.69, 9.17) is 9.72 Å².